The average molecular weight is 162 g/mol. The van der Waals surface area contributed by atoms with Crippen molar-refractivity contribution in [2.75, 3.05) is 0 Å². The van der Waals surface area contributed by atoms with Crippen LogP contribution in [0.15, 0.2) is 35.4 Å². The Kier molecular flexibility index (Phi) is 1.33. The molecule has 0 amide bonds. The van der Waals surface area contributed by atoms with Gasteiger partial charge in [0.05, 0.1) is 0 Å². The van der Waals surface area contributed by atoms with E-state index in [4.69, 9.17) is 0 Å². The fraction of sp³-hybridized carbons (Fsp3) is 0. The maximum Gasteiger partial charge on any atom is 0.257 e. The zero-order chi connectivity index (χ0) is 8.55. The maximum absolute atomic E-state index is 11.1. The smallest absolute Gasteiger partial charge is 0.257 e. The topological polar surface area (TPSA) is 54.6 Å². The number of rotatable bonds is 0. The summed E-state index contributed by atoms with van der Waals surface area (Å²) >= 11 is 0. The first-order valence-electron chi connectivity index (χ1n) is 3.44. The van der Waals surface area contributed by atoms with Crippen molar-refractivity contribution >= 4 is 5.65 Å². The van der Waals surface area contributed by atoms with Crippen molar-refractivity contribution in [3.05, 3.63) is 40.9 Å². The van der Waals surface area contributed by atoms with Gasteiger partial charge in [-0.05, 0) is 12.1 Å². The van der Waals surface area contributed by atoms with Gasteiger partial charge in [0.2, 0.25) is 0 Å². The van der Waals surface area contributed by atoms with E-state index in [-0.39, 0.29) is 17.0 Å². The molecule has 2 rings (SSSR count). The first-order chi connectivity index (χ1) is 5.79. The second kappa shape index (κ2) is 2.34. The Morgan fingerprint density at radius 2 is 2.25 bits per heavy atom. The summed E-state index contributed by atoms with van der Waals surface area (Å²) in [5.74, 6) is 0.00944. The lowest BCUT2D eigenvalue weighted by Gasteiger charge is -1.98. The number of hydrogen-bond acceptors (Lipinski definition) is 3. The van der Waals surface area contributed by atoms with Crippen LogP contribution in [0.2, 0.25) is 0 Å². The molecular formula is C8H6N2O2. The van der Waals surface area contributed by atoms with Crippen LogP contribution in [0.25, 0.3) is 5.65 Å². The lowest BCUT2D eigenvalue weighted by Crippen LogP contribution is -2.11. The fourth-order valence-corrected chi connectivity index (χ4v) is 1.05. The highest BCUT2D eigenvalue weighted by molar-refractivity contribution is 5.51. The molecule has 60 valence electrons. The fourth-order valence-electron chi connectivity index (χ4n) is 1.05. The van der Waals surface area contributed by atoms with E-state index in [2.05, 4.69) is 4.98 Å². The van der Waals surface area contributed by atoms with Crippen LogP contribution in [0.1, 0.15) is 0 Å². The summed E-state index contributed by atoms with van der Waals surface area (Å²) in [5.41, 5.74) is 0.0842. The molecule has 0 aliphatic rings. The van der Waals surface area contributed by atoms with Gasteiger partial charge in [0, 0.05) is 18.5 Å². The lowest BCUT2D eigenvalue weighted by atomic mass is 10.4. The molecule has 0 atom stereocenters. The van der Waals surface area contributed by atoms with Gasteiger partial charge in [-0.1, -0.05) is 0 Å². The Bertz CT molecular complexity index is 476. The second-order valence-corrected chi connectivity index (χ2v) is 2.37. The van der Waals surface area contributed by atoms with Crippen LogP contribution in [-0.4, -0.2) is 14.5 Å². The summed E-state index contributed by atoms with van der Waals surface area (Å²) in [6, 6.07) is 4.42. The monoisotopic (exact) mass is 162 g/mol. The normalized spacial score (nSPS) is 10.3. The summed E-state index contributed by atoms with van der Waals surface area (Å²) in [5, 5.41) is 9.27. The van der Waals surface area contributed by atoms with E-state index in [0.717, 1.165) is 0 Å². The van der Waals surface area contributed by atoms with Crippen LogP contribution in [0, 0.1) is 0 Å². The quantitative estimate of drug-likeness (QED) is 0.610. The molecule has 12 heavy (non-hydrogen) atoms. The van der Waals surface area contributed by atoms with Crippen LogP contribution in [0.5, 0.6) is 5.75 Å². The van der Waals surface area contributed by atoms with Crippen molar-refractivity contribution in [3.63, 3.8) is 0 Å². The highest BCUT2D eigenvalue weighted by atomic mass is 16.3. The van der Waals surface area contributed by atoms with Gasteiger partial charge in [0.1, 0.15) is 0 Å². The number of aromatic hydroxyl groups is 1. The van der Waals surface area contributed by atoms with Crippen LogP contribution in [0.4, 0.5) is 0 Å². The largest absolute Gasteiger partial charge is 0.504 e. The molecule has 0 aliphatic carbocycles. The molecule has 4 nitrogen and oxygen atoms in total. The Morgan fingerprint density at radius 1 is 1.42 bits per heavy atom. The number of aromatic nitrogens is 2. The summed E-state index contributed by atoms with van der Waals surface area (Å²) in [6.07, 6.45) is 2.93. The first kappa shape index (κ1) is 6.84. The molecule has 0 spiro atoms. The minimum atomic E-state index is -0.198. The van der Waals surface area contributed by atoms with Crippen LogP contribution >= 0.6 is 0 Å². The van der Waals surface area contributed by atoms with Gasteiger partial charge < -0.3 is 5.11 Å². The van der Waals surface area contributed by atoms with Crippen molar-refractivity contribution in [2.24, 2.45) is 0 Å². The number of pyridine rings is 1. The third-order valence-corrected chi connectivity index (χ3v) is 1.60. The Labute approximate surface area is 67.7 Å². The van der Waals surface area contributed by atoms with Gasteiger partial charge in [-0.25, -0.2) is 4.98 Å². The molecule has 0 bridgehead atoms. The molecule has 0 aromatic carbocycles. The van der Waals surface area contributed by atoms with E-state index in [1.807, 2.05) is 0 Å². The minimum Gasteiger partial charge on any atom is -0.504 e. The predicted octanol–water partition coefficient (Wildman–Crippen LogP) is 0.400. The highest BCUT2D eigenvalue weighted by Gasteiger charge is 1.99. The minimum absolute atomic E-state index is 0.00944. The molecule has 0 saturated heterocycles. The molecule has 0 saturated carbocycles. The third-order valence-electron chi connectivity index (χ3n) is 1.60. The molecule has 0 radical (unpaired) electrons. The van der Waals surface area contributed by atoms with E-state index < -0.39 is 0 Å². The Hall–Kier alpha value is -1.84. The molecule has 0 unspecified atom stereocenters. The van der Waals surface area contributed by atoms with Crippen molar-refractivity contribution in [3.8, 4) is 5.75 Å². The Balaban J connectivity index is 3.05. The van der Waals surface area contributed by atoms with Crippen LogP contribution < -0.4 is 5.56 Å². The molecular weight excluding hydrogens is 156 g/mol. The second-order valence-electron chi connectivity index (χ2n) is 2.37. The third kappa shape index (κ3) is 0.852. The van der Waals surface area contributed by atoms with Gasteiger partial charge >= 0.3 is 0 Å². The molecule has 2 heterocycles. The van der Waals surface area contributed by atoms with E-state index in [0.29, 0.717) is 0 Å². The van der Waals surface area contributed by atoms with Gasteiger partial charge in [0.15, 0.2) is 11.4 Å². The predicted molar refractivity (Wildman–Crippen MR) is 43.1 cm³/mol. The highest BCUT2D eigenvalue weighted by Crippen LogP contribution is 2.11. The van der Waals surface area contributed by atoms with Gasteiger partial charge in [-0.2, -0.15) is 0 Å². The molecule has 0 aliphatic heterocycles. The van der Waals surface area contributed by atoms with Gasteiger partial charge in [-0.3, -0.25) is 9.20 Å². The van der Waals surface area contributed by atoms with E-state index in [1.54, 1.807) is 12.3 Å². The van der Waals surface area contributed by atoms with Gasteiger partial charge in [-0.15, -0.1) is 0 Å². The molecule has 0 fully saturated rings. The van der Waals surface area contributed by atoms with Crippen molar-refractivity contribution < 1.29 is 5.11 Å². The van der Waals surface area contributed by atoms with Crippen molar-refractivity contribution in [1.29, 1.82) is 0 Å². The standard InChI is InChI=1S/C8H6N2O2/c11-6-2-1-5-10-7(12)3-4-9-8(6)10/h1-5,11H. The maximum atomic E-state index is 11.1. The van der Waals surface area contributed by atoms with E-state index >= 15 is 0 Å². The number of fused-ring (bicyclic) bond motifs is 1. The lowest BCUT2D eigenvalue weighted by molar-refractivity contribution is 0.476. The number of nitrogens with zero attached hydrogens (tertiary/aromatic N) is 2. The Morgan fingerprint density at radius 3 is 3.00 bits per heavy atom. The van der Waals surface area contributed by atoms with Crippen molar-refractivity contribution in [1.82, 2.24) is 9.38 Å². The van der Waals surface area contributed by atoms with Crippen molar-refractivity contribution in [2.45, 2.75) is 0 Å². The summed E-state index contributed by atoms with van der Waals surface area (Å²) < 4.78 is 1.29. The summed E-state index contributed by atoms with van der Waals surface area (Å²) in [6.45, 7) is 0. The summed E-state index contributed by atoms with van der Waals surface area (Å²) in [4.78, 5) is 15.0. The van der Waals surface area contributed by atoms with Crippen LogP contribution in [-0.2, 0) is 0 Å². The molecule has 2 aromatic heterocycles. The average Bonchev–Trinajstić information content (AvgIpc) is 2.07. The molecule has 4 heteroatoms. The van der Waals surface area contributed by atoms with Gasteiger partial charge in [0.25, 0.3) is 5.56 Å². The van der Waals surface area contributed by atoms with E-state index in [9.17, 15) is 9.90 Å². The van der Waals surface area contributed by atoms with Crippen LogP contribution in [0.3, 0.4) is 0 Å². The zero-order valence-corrected chi connectivity index (χ0v) is 6.14. The molecule has 2 aromatic rings. The summed E-state index contributed by atoms with van der Waals surface area (Å²) in [7, 11) is 0. The van der Waals surface area contributed by atoms with E-state index in [1.165, 1.54) is 22.7 Å². The molecule has 1 N–H and O–H groups in total. The SMILES string of the molecule is O=c1ccnc2c(O)cccn12. The number of hydrogen-bond donors (Lipinski definition) is 1. The zero-order valence-electron chi connectivity index (χ0n) is 6.14. The first-order valence-corrected chi connectivity index (χ1v) is 3.44.